The molecule has 0 saturated carbocycles. The standard InChI is InChI=1S/C26H27ClN4O/c1-20(29-26(32)13-10-21-8-11-23(27)12-9-21)22-5-4-6-24(19-22)30-15-17-31(18-16-30)25-7-2-3-14-28-25/h2-14,19-20H,15-18H2,1H3,(H,29,32). The Kier molecular flexibility index (Phi) is 7.07. The smallest absolute Gasteiger partial charge is 0.244 e. The highest BCUT2D eigenvalue weighted by molar-refractivity contribution is 6.30. The van der Waals surface area contributed by atoms with Gasteiger partial charge >= 0.3 is 0 Å². The van der Waals surface area contributed by atoms with Gasteiger partial charge in [-0.3, -0.25) is 4.79 Å². The molecule has 2 aromatic carbocycles. The van der Waals surface area contributed by atoms with Crippen LogP contribution < -0.4 is 15.1 Å². The summed E-state index contributed by atoms with van der Waals surface area (Å²) in [6.07, 6.45) is 5.18. The molecular weight excluding hydrogens is 420 g/mol. The van der Waals surface area contributed by atoms with Gasteiger partial charge in [-0.05, 0) is 60.5 Å². The predicted molar refractivity (Wildman–Crippen MR) is 132 cm³/mol. The van der Waals surface area contributed by atoms with Gasteiger partial charge in [-0.15, -0.1) is 0 Å². The Balaban J connectivity index is 1.34. The average Bonchev–Trinajstić information content (AvgIpc) is 2.84. The molecule has 0 bridgehead atoms. The molecule has 4 rings (SSSR count). The lowest BCUT2D eigenvalue weighted by Crippen LogP contribution is -2.46. The van der Waals surface area contributed by atoms with Crippen LogP contribution in [0.2, 0.25) is 5.02 Å². The number of carbonyl (C=O) groups is 1. The number of carbonyl (C=O) groups excluding carboxylic acids is 1. The maximum absolute atomic E-state index is 12.4. The molecule has 3 aromatic rings. The Morgan fingerprint density at radius 3 is 2.47 bits per heavy atom. The Morgan fingerprint density at radius 2 is 1.75 bits per heavy atom. The van der Waals surface area contributed by atoms with Gasteiger partial charge in [0.25, 0.3) is 0 Å². The topological polar surface area (TPSA) is 48.5 Å². The van der Waals surface area contributed by atoms with Gasteiger partial charge in [0.2, 0.25) is 5.91 Å². The van der Waals surface area contributed by atoms with Crippen LogP contribution in [0.15, 0.2) is 79.0 Å². The molecular formula is C26H27ClN4O. The number of hydrogen-bond acceptors (Lipinski definition) is 4. The van der Waals surface area contributed by atoms with Crippen LogP contribution in [0.5, 0.6) is 0 Å². The second-order valence-electron chi connectivity index (χ2n) is 7.87. The van der Waals surface area contributed by atoms with Gasteiger partial charge in [-0.25, -0.2) is 4.98 Å². The molecule has 2 heterocycles. The molecule has 6 heteroatoms. The van der Waals surface area contributed by atoms with Gasteiger partial charge in [0.15, 0.2) is 0 Å². The fraction of sp³-hybridized carbons (Fsp3) is 0.231. The molecule has 0 aliphatic carbocycles. The first-order chi connectivity index (χ1) is 15.6. The minimum Gasteiger partial charge on any atom is -0.368 e. The molecule has 164 valence electrons. The van der Waals surface area contributed by atoms with Crippen molar-refractivity contribution in [3.05, 3.63) is 95.2 Å². The van der Waals surface area contributed by atoms with Crippen molar-refractivity contribution in [3.63, 3.8) is 0 Å². The monoisotopic (exact) mass is 446 g/mol. The van der Waals surface area contributed by atoms with E-state index in [9.17, 15) is 4.79 Å². The summed E-state index contributed by atoms with van der Waals surface area (Å²) in [4.78, 5) is 21.5. The normalized spacial score (nSPS) is 15.1. The zero-order valence-corrected chi connectivity index (χ0v) is 18.9. The van der Waals surface area contributed by atoms with E-state index in [0.717, 1.165) is 43.1 Å². The number of hydrogen-bond donors (Lipinski definition) is 1. The van der Waals surface area contributed by atoms with Crippen molar-refractivity contribution in [1.29, 1.82) is 0 Å². The Hall–Kier alpha value is -3.31. The molecule has 1 N–H and O–H groups in total. The van der Waals surface area contributed by atoms with E-state index in [-0.39, 0.29) is 11.9 Å². The van der Waals surface area contributed by atoms with Gasteiger partial charge in [-0.2, -0.15) is 0 Å². The average molecular weight is 447 g/mol. The van der Waals surface area contributed by atoms with E-state index in [4.69, 9.17) is 11.6 Å². The van der Waals surface area contributed by atoms with Crippen LogP contribution in [0.3, 0.4) is 0 Å². The lowest BCUT2D eigenvalue weighted by molar-refractivity contribution is -0.117. The summed E-state index contributed by atoms with van der Waals surface area (Å²) in [5.41, 5.74) is 3.20. The van der Waals surface area contributed by atoms with Gasteiger partial charge in [0.05, 0.1) is 6.04 Å². The lowest BCUT2D eigenvalue weighted by atomic mass is 10.1. The molecule has 32 heavy (non-hydrogen) atoms. The second-order valence-corrected chi connectivity index (χ2v) is 8.31. The number of piperazine rings is 1. The zero-order chi connectivity index (χ0) is 22.3. The Bertz CT molecular complexity index is 1060. The molecule has 1 amide bonds. The molecule has 1 aliphatic rings. The third-order valence-electron chi connectivity index (χ3n) is 5.64. The summed E-state index contributed by atoms with van der Waals surface area (Å²) >= 11 is 5.90. The van der Waals surface area contributed by atoms with E-state index in [0.29, 0.717) is 5.02 Å². The number of anilines is 2. The van der Waals surface area contributed by atoms with Gasteiger partial charge < -0.3 is 15.1 Å². The summed E-state index contributed by atoms with van der Waals surface area (Å²) in [6.45, 7) is 5.74. The highest BCUT2D eigenvalue weighted by atomic mass is 35.5. The number of aromatic nitrogens is 1. The van der Waals surface area contributed by atoms with E-state index in [1.165, 1.54) is 5.69 Å². The van der Waals surface area contributed by atoms with Crippen molar-refractivity contribution >= 4 is 35.1 Å². The van der Waals surface area contributed by atoms with Gasteiger partial charge in [0, 0.05) is 49.2 Å². The summed E-state index contributed by atoms with van der Waals surface area (Å²) in [6, 6.07) is 21.7. The van der Waals surface area contributed by atoms with Crippen molar-refractivity contribution in [1.82, 2.24) is 10.3 Å². The molecule has 0 radical (unpaired) electrons. The van der Waals surface area contributed by atoms with Crippen molar-refractivity contribution in [2.45, 2.75) is 13.0 Å². The first kappa shape index (κ1) is 21.9. The number of nitrogens with zero attached hydrogens (tertiary/aromatic N) is 3. The summed E-state index contributed by atoms with van der Waals surface area (Å²) in [5.74, 6) is 0.908. The van der Waals surface area contributed by atoms with Crippen LogP contribution >= 0.6 is 11.6 Å². The van der Waals surface area contributed by atoms with E-state index in [2.05, 4.69) is 50.4 Å². The van der Waals surface area contributed by atoms with Crippen LogP contribution in [-0.4, -0.2) is 37.1 Å². The SMILES string of the molecule is CC(NC(=O)C=Cc1ccc(Cl)cc1)c1cccc(N2CCN(c3ccccn3)CC2)c1. The minimum absolute atomic E-state index is 0.0906. The maximum atomic E-state index is 12.4. The van der Waals surface area contributed by atoms with Crippen LogP contribution in [0.1, 0.15) is 24.1 Å². The maximum Gasteiger partial charge on any atom is 0.244 e. The van der Waals surface area contributed by atoms with Crippen molar-refractivity contribution in [3.8, 4) is 0 Å². The third kappa shape index (κ3) is 5.68. The number of halogens is 1. The Labute approximate surface area is 194 Å². The van der Waals surface area contributed by atoms with E-state index in [1.54, 1.807) is 12.2 Å². The number of benzene rings is 2. The van der Waals surface area contributed by atoms with E-state index < -0.39 is 0 Å². The number of rotatable bonds is 6. The molecule has 0 spiro atoms. The van der Waals surface area contributed by atoms with Crippen LogP contribution in [0.25, 0.3) is 6.08 Å². The summed E-state index contributed by atoms with van der Waals surface area (Å²) in [5, 5.41) is 3.73. The number of pyridine rings is 1. The zero-order valence-electron chi connectivity index (χ0n) is 18.1. The lowest BCUT2D eigenvalue weighted by Gasteiger charge is -2.37. The molecule has 1 fully saturated rings. The largest absolute Gasteiger partial charge is 0.368 e. The fourth-order valence-corrected chi connectivity index (χ4v) is 3.94. The van der Waals surface area contributed by atoms with Gasteiger partial charge in [0.1, 0.15) is 5.82 Å². The summed E-state index contributed by atoms with van der Waals surface area (Å²) < 4.78 is 0. The Morgan fingerprint density at radius 1 is 1.00 bits per heavy atom. The number of nitrogens with one attached hydrogen (secondary N) is 1. The van der Waals surface area contributed by atoms with Crippen molar-refractivity contribution in [2.24, 2.45) is 0 Å². The van der Waals surface area contributed by atoms with E-state index >= 15 is 0 Å². The van der Waals surface area contributed by atoms with Crippen LogP contribution in [-0.2, 0) is 4.79 Å². The first-order valence-electron chi connectivity index (χ1n) is 10.8. The molecule has 1 aliphatic heterocycles. The second kappa shape index (κ2) is 10.3. The first-order valence-corrected chi connectivity index (χ1v) is 11.2. The van der Waals surface area contributed by atoms with Crippen molar-refractivity contribution < 1.29 is 4.79 Å². The van der Waals surface area contributed by atoms with Gasteiger partial charge in [-0.1, -0.05) is 41.9 Å². The van der Waals surface area contributed by atoms with Crippen LogP contribution in [0.4, 0.5) is 11.5 Å². The quantitative estimate of drug-likeness (QED) is 0.544. The highest BCUT2D eigenvalue weighted by Gasteiger charge is 2.19. The van der Waals surface area contributed by atoms with Crippen molar-refractivity contribution in [2.75, 3.05) is 36.0 Å². The third-order valence-corrected chi connectivity index (χ3v) is 5.90. The summed E-state index contributed by atoms with van der Waals surface area (Å²) in [7, 11) is 0. The highest BCUT2D eigenvalue weighted by Crippen LogP contribution is 2.23. The molecule has 1 atom stereocenters. The predicted octanol–water partition coefficient (Wildman–Crippen LogP) is 4.95. The van der Waals surface area contributed by atoms with Crippen LogP contribution in [0, 0.1) is 0 Å². The molecule has 1 saturated heterocycles. The minimum atomic E-state index is -0.123. The molecule has 1 aromatic heterocycles. The molecule has 1 unspecified atom stereocenters. The molecule has 5 nitrogen and oxygen atoms in total. The number of amides is 1. The fourth-order valence-electron chi connectivity index (χ4n) is 3.82. The van der Waals surface area contributed by atoms with E-state index in [1.807, 2.05) is 49.5 Å².